The standard InChI is InChI=1S/C22H27N3O4S/c1-25(21(26)18-8-4-2-5-9-18)16-17-12-14-20(15-13-17)30(28,29)24-22(27)23-19-10-6-3-7-11-19/h2,4-5,8-9,12-15,19H,3,6-7,10-11,16H2,1H3,(H2,23,24,27). The van der Waals surface area contributed by atoms with E-state index in [0.717, 1.165) is 37.7 Å². The molecule has 0 heterocycles. The van der Waals surface area contributed by atoms with Crippen LogP contribution in [0, 0.1) is 0 Å². The number of urea groups is 1. The van der Waals surface area contributed by atoms with Crippen LogP contribution in [0.25, 0.3) is 0 Å². The highest BCUT2D eigenvalue weighted by Crippen LogP contribution is 2.17. The Morgan fingerprint density at radius 2 is 1.60 bits per heavy atom. The molecule has 0 radical (unpaired) electrons. The molecule has 0 bridgehead atoms. The highest BCUT2D eigenvalue weighted by Gasteiger charge is 2.21. The first-order valence-corrected chi connectivity index (χ1v) is 11.6. The van der Waals surface area contributed by atoms with Gasteiger partial charge in [-0.1, -0.05) is 49.6 Å². The first kappa shape index (κ1) is 21.8. The lowest BCUT2D eigenvalue weighted by Gasteiger charge is -2.22. The van der Waals surface area contributed by atoms with Crippen molar-refractivity contribution >= 4 is 22.0 Å². The summed E-state index contributed by atoms with van der Waals surface area (Å²) in [5, 5.41) is 2.74. The quantitative estimate of drug-likeness (QED) is 0.737. The number of benzene rings is 2. The Hall–Kier alpha value is -2.87. The second-order valence-corrected chi connectivity index (χ2v) is 9.27. The van der Waals surface area contributed by atoms with E-state index in [1.165, 1.54) is 12.1 Å². The summed E-state index contributed by atoms with van der Waals surface area (Å²) in [5.41, 5.74) is 1.37. The highest BCUT2D eigenvalue weighted by atomic mass is 32.2. The lowest BCUT2D eigenvalue weighted by Crippen LogP contribution is -2.45. The van der Waals surface area contributed by atoms with Crippen molar-refractivity contribution in [3.05, 3.63) is 65.7 Å². The Labute approximate surface area is 177 Å². The van der Waals surface area contributed by atoms with E-state index in [4.69, 9.17) is 0 Å². The van der Waals surface area contributed by atoms with E-state index in [1.807, 2.05) is 6.07 Å². The van der Waals surface area contributed by atoms with E-state index in [-0.39, 0.29) is 16.8 Å². The van der Waals surface area contributed by atoms with Gasteiger partial charge in [-0.2, -0.15) is 0 Å². The number of carbonyl (C=O) groups is 2. The SMILES string of the molecule is CN(Cc1ccc(S(=O)(=O)NC(=O)NC2CCCCC2)cc1)C(=O)c1ccccc1. The van der Waals surface area contributed by atoms with Gasteiger partial charge in [0.2, 0.25) is 0 Å². The third kappa shape index (κ3) is 5.82. The molecule has 8 heteroatoms. The normalized spacial score (nSPS) is 14.7. The van der Waals surface area contributed by atoms with Crippen molar-refractivity contribution in [3.8, 4) is 0 Å². The predicted molar refractivity (Wildman–Crippen MR) is 114 cm³/mol. The van der Waals surface area contributed by atoms with Crippen LogP contribution < -0.4 is 10.0 Å². The monoisotopic (exact) mass is 429 g/mol. The van der Waals surface area contributed by atoms with E-state index in [0.29, 0.717) is 12.1 Å². The van der Waals surface area contributed by atoms with Crippen LogP contribution >= 0.6 is 0 Å². The summed E-state index contributed by atoms with van der Waals surface area (Å²) in [6.07, 6.45) is 4.98. The average molecular weight is 430 g/mol. The van der Waals surface area contributed by atoms with Gasteiger partial charge in [0, 0.05) is 25.2 Å². The summed E-state index contributed by atoms with van der Waals surface area (Å²) < 4.78 is 27.0. The summed E-state index contributed by atoms with van der Waals surface area (Å²) >= 11 is 0. The second-order valence-electron chi connectivity index (χ2n) is 7.59. The van der Waals surface area contributed by atoms with Crippen molar-refractivity contribution in [2.45, 2.75) is 49.6 Å². The van der Waals surface area contributed by atoms with Gasteiger partial charge in [0.1, 0.15) is 0 Å². The van der Waals surface area contributed by atoms with Crippen molar-refractivity contribution < 1.29 is 18.0 Å². The molecule has 2 aromatic carbocycles. The topological polar surface area (TPSA) is 95.6 Å². The molecule has 1 saturated carbocycles. The first-order chi connectivity index (χ1) is 14.3. The van der Waals surface area contributed by atoms with E-state index < -0.39 is 16.1 Å². The minimum absolute atomic E-state index is 0.00193. The number of carbonyl (C=O) groups excluding carboxylic acids is 2. The fourth-order valence-electron chi connectivity index (χ4n) is 3.56. The molecule has 1 aliphatic carbocycles. The fourth-order valence-corrected chi connectivity index (χ4v) is 4.48. The molecule has 3 rings (SSSR count). The van der Waals surface area contributed by atoms with Gasteiger partial charge in [0.25, 0.3) is 15.9 Å². The molecule has 0 aromatic heterocycles. The lowest BCUT2D eigenvalue weighted by molar-refractivity contribution is 0.0785. The van der Waals surface area contributed by atoms with Crippen LogP contribution in [-0.4, -0.2) is 38.3 Å². The van der Waals surface area contributed by atoms with Gasteiger partial charge >= 0.3 is 6.03 Å². The number of rotatable bonds is 6. The van der Waals surface area contributed by atoms with Crippen LogP contribution in [0.5, 0.6) is 0 Å². The van der Waals surface area contributed by atoms with Crippen molar-refractivity contribution in [3.63, 3.8) is 0 Å². The molecule has 3 amide bonds. The molecule has 0 aliphatic heterocycles. The zero-order valence-electron chi connectivity index (χ0n) is 17.0. The van der Waals surface area contributed by atoms with Crippen LogP contribution in [-0.2, 0) is 16.6 Å². The van der Waals surface area contributed by atoms with E-state index in [1.54, 1.807) is 48.3 Å². The van der Waals surface area contributed by atoms with Crippen LogP contribution in [0.15, 0.2) is 59.5 Å². The zero-order valence-corrected chi connectivity index (χ0v) is 17.8. The van der Waals surface area contributed by atoms with Gasteiger partial charge in [-0.05, 0) is 42.7 Å². The van der Waals surface area contributed by atoms with Gasteiger partial charge in [-0.25, -0.2) is 17.9 Å². The van der Waals surface area contributed by atoms with Crippen LogP contribution in [0.2, 0.25) is 0 Å². The molecule has 0 atom stereocenters. The molecule has 0 saturated heterocycles. The van der Waals surface area contributed by atoms with E-state index >= 15 is 0 Å². The lowest BCUT2D eigenvalue weighted by atomic mass is 9.96. The summed E-state index contributed by atoms with van der Waals surface area (Å²) in [5.74, 6) is -0.117. The van der Waals surface area contributed by atoms with Crippen molar-refractivity contribution in [1.82, 2.24) is 14.9 Å². The van der Waals surface area contributed by atoms with Crippen molar-refractivity contribution in [2.75, 3.05) is 7.05 Å². The fraction of sp³-hybridized carbons (Fsp3) is 0.364. The summed E-state index contributed by atoms with van der Waals surface area (Å²) in [6, 6.07) is 14.4. The smallest absolute Gasteiger partial charge is 0.328 e. The molecular formula is C22H27N3O4S. The molecule has 160 valence electrons. The van der Waals surface area contributed by atoms with Crippen molar-refractivity contribution in [2.24, 2.45) is 0 Å². The van der Waals surface area contributed by atoms with E-state index in [9.17, 15) is 18.0 Å². The largest absolute Gasteiger partial charge is 0.337 e. The maximum Gasteiger partial charge on any atom is 0.328 e. The molecule has 0 unspecified atom stereocenters. The van der Waals surface area contributed by atoms with Gasteiger partial charge < -0.3 is 10.2 Å². The number of hydrogen-bond donors (Lipinski definition) is 2. The maximum atomic E-state index is 12.5. The Balaban J connectivity index is 1.58. The summed E-state index contributed by atoms with van der Waals surface area (Å²) in [7, 11) is -2.27. The molecule has 2 N–H and O–H groups in total. The van der Waals surface area contributed by atoms with Crippen LogP contribution in [0.4, 0.5) is 4.79 Å². The highest BCUT2D eigenvalue weighted by molar-refractivity contribution is 7.90. The van der Waals surface area contributed by atoms with Crippen molar-refractivity contribution in [1.29, 1.82) is 0 Å². The maximum absolute atomic E-state index is 12.5. The molecule has 30 heavy (non-hydrogen) atoms. The van der Waals surface area contributed by atoms with E-state index in [2.05, 4.69) is 10.0 Å². The molecule has 0 spiro atoms. The number of nitrogens with zero attached hydrogens (tertiary/aromatic N) is 1. The first-order valence-electron chi connectivity index (χ1n) is 10.1. The average Bonchev–Trinajstić information content (AvgIpc) is 2.74. The molecular weight excluding hydrogens is 402 g/mol. The Kier molecular flexibility index (Phi) is 7.10. The zero-order chi connectivity index (χ0) is 21.6. The Morgan fingerprint density at radius 3 is 2.23 bits per heavy atom. The number of nitrogens with one attached hydrogen (secondary N) is 2. The Morgan fingerprint density at radius 1 is 0.967 bits per heavy atom. The van der Waals surface area contributed by atoms with Gasteiger partial charge in [-0.15, -0.1) is 0 Å². The third-order valence-corrected chi connectivity index (χ3v) is 6.54. The second kappa shape index (κ2) is 9.75. The summed E-state index contributed by atoms with van der Waals surface area (Å²) in [6.45, 7) is 0.337. The van der Waals surface area contributed by atoms with Crippen LogP contribution in [0.1, 0.15) is 48.0 Å². The number of amides is 3. The minimum atomic E-state index is -3.96. The van der Waals surface area contributed by atoms with Gasteiger partial charge in [0.05, 0.1) is 4.90 Å². The van der Waals surface area contributed by atoms with Gasteiger partial charge in [-0.3, -0.25) is 4.79 Å². The molecule has 1 fully saturated rings. The Bertz CT molecular complexity index is 969. The predicted octanol–water partition coefficient (Wildman–Crippen LogP) is 3.28. The molecule has 2 aromatic rings. The minimum Gasteiger partial charge on any atom is -0.337 e. The van der Waals surface area contributed by atoms with Gasteiger partial charge in [0.15, 0.2) is 0 Å². The van der Waals surface area contributed by atoms with Crippen LogP contribution in [0.3, 0.4) is 0 Å². The molecule has 1 aliphatic rings. The number of sulfonamides is 1. The summed E-state index contributed by atoms with van der Waals surface area (Å²) in [4.78, 5) is 26.1. The molecule has 7 nitrogen and oxygen atoms in total. The number of hydrogen-bond acceptors (Lipinski definition) is 4. The third-order valence-electron chi connectivity index (χ3n) is 5.19.